The number of hydrogen-bond acceptors (Lipinski definition) is 3. The molecule has 1 saturated carbocycles. The van der Waals surface area contributed by atoms with Gasteiger partial charge in [-0.15, -0.1) is 0 Å². The van der Waals surface area contributed by atoms with E-state index in [2.05, 4.69) is 23.7 Å². The van der Waals surface area contributed by atoms with Gasteiger partial charge in [-0.2, -0.15) is 0 Å². The van der Waals surface area contributed by atoms with Crippen molar-refractivity contribution in [1.29, 1.82) is 0 Å². The Labute approximate surface area is 96.5 Å². The minimum absolute atomic E-state index is 0.633. The molecule has 1 aromatic rings. The van der Waals surface area contributed by atoms with E-state index in [1.807, 2.05) is 12.1 Å². The highest BCUT2D eigenvalue weighted by Gasteiger charge is 2.30. The van der Waals surface area contributed by atoms with Gasteiger partial charge in [-0.1, -0.05) is 13.8 Å². The zero-order valence-corrected chi connectivity index (χ0v) is 9.89. The molecule has 1 heterocycles. The van der Waals surface area contributed by atoms with Crippen LogP contribution in [-0.4, -0.2) is 23.9 Å². The molecule has 1 fully saturated rings. The Hall–Kier alpha value is -1.38. The number of nitrogens with zero attached hydrogens (tertiary/aromatic N) is 2. The van der Waals surface area contributed by atoms with Crippen molar-refractivity contribution in [1.82, 2.24) is 4.98 Å². The molecule has 0 bridgehead atoms. The van der Waals surface area contributed by atoms with E-state index < -0.39 is 0 Å². The lowest BCUT2D eigenvalue weighted by Gasteiger charge is -2.25. The summed E-state index contributed by atoms with van der Waals surface area (Å²) in [7, 11) is 0. The van der Waals surface area contributed by atoms with E-state index >= 15 is 0 Å². The molecule has 3 heteroatoms. The molecule has 1 aliphatic rings. The van der Waals surface area contributed by atoms with Gasteiger partial charge < -0.3 is 4.90 Å². The molecule has 1 aliphatic carbocycles. The summed E-state index contributed by atoms with van der Waals surface area (Å²) < 4.78 is 0. The second-order valence-electron chi connectivity index (χ2n) is 4.84. The van der Waals surface area contributed by atoms with Crippen molar-refractivity contribution in [2.75, 3.05) is 11.4 Å². The molecule has 16 heavy (non-hydrogen) atoms. The van der Waals surface area contributed by atoms with Crippen molar-refractivity contribution in [3.63, 3.8) is 0 Å². The maximum absolute atomic E-state index is 10.6. The van der Waals surface area contributed by atoms with Gasteiger partial charge >= 0.3 is 0 Å². The molecule has 2 rings (SSSR count). The third-order valence-electron chi connectivity index (χ3n) is 2.75. The summed E-state index contributed by atoms with van der Waals surface area (Å²) >= 11 is 0. The molecule has 86 valence electrons. The minimum Gasteiger partial charge on any atom is -0.353 e. The van der Waals surface area contributed by atoms with Crippen LogP contribution in [0.3, 0.4) is 0 Å². The van der Waals surface area contributed by atoms with Crippen LogP contribution in [0.5, 0.6) is 0 Å². The first-order valence-corrected chi connectivity index (χ1v) is 5.88. The Bertz CT molecular complexity index is 355. The smallest absolute Gasteiger partial charge is 0.151 e. The highest BCUT2D eigenvalue weighted by Crippen LogP contribution is 2.31. The van der Waals surface area contributed by atoms with E-state index in [1.54, 1.807) is 6.20 Å². The molecule has 3 nitrogen and oxygen atoms in total. The van der Waals surface area contributed by atoms with Crippen LogP contribution in [0.2, 0.25) is 0 Å². The fourth-order valence-corrected chi connectivity index (χ4v) is 1.85. The monoisotopic (exact) mass is 218 g/mol. The molecule has 0 aromatic carbocycles. The number of aldehydes is 1. The van der Waals surface area contributed by atoms with Crippen molar-refractivity contribution >= 4 is 12.1 Å². The van der Waals surface area contributed by atoms with E-state index in [9.17, 15) is 4.79 Å². The van der Waals surface area contributed by atoms with Gasteiger partial charge in [0.2, 0.25) is 0 Å². The minimum atomic E-state index is 0.633. The largest absolute Gasteiger partial charge is 0.353 e. The molecule has 0 atom stereocenters. The normalized spacial score (nSPS) is 15.2. The summed E-state index contributed by atoms with van der Waals surface area (Å²) in [6.07, 6.45) is 5.02. The van der Waals surface area contributed by atoms with E-state index in [-0.39, 0.29) is 0 Å². The van der Waals surface area contributed by atoms with Gasteiger partial charge in [0, 0.05) is 24.3 Å². The van der Waals surface area contributed by atoms with Crippen molar-refractivity contribution in [3.05, 3.63) is 23.9 Å². The zero-order valence-electron chi connectivity index (χ0n) is 9.89. The number of rotatable bonds is 5. The van der Waals surface area contributed by atoms with Gasteiger partial charge in [0.15, 0.2) is 6.29 Å². The molecule has 0 aliphatic heterocycles. The number of anilines is 1. The standard InChI is InChI=1S/C13H18N2O/c1-10(2)8-15(12-4-5-12)13-6-3-11(9-16)7-14-13/h3,6-7,9-10,12H,4-5,8H2,1-2H3. The van der Waals surface area contributed by atoms with E-state index in [4.69, 9.17) is 0 Å². The fourth-order valence-electron chi connectivity index (χ4n) is 1.85. The van der Waals surface area contributed by atoms with Crippen LogP contribution in [0.4, 0.5) is 5.82 Å². The van der Waals surface area contributed by atoms with Crippen molar-refractivity contribution in [2.24, 2.45) is 5.92 Å². The summed E-state index contributed by atoms with van der Waals surface area (Å²) in [5.41, 5.74) is 0.643. The lowest BCUT2D eigenvalue weighted by atomic mass is 10.2. The lowest BCUT2D eigenvalue weighted by molar-refractivity contribution is 0.112. The molecule has 0 unspecified atom stereocenters. The zero-order chi connectivity index (χ0) is 11.5. The molecule has 0 saturated heterocycles. The Balaban J connectivity index is 2.14. The van der Waals surface area contributed by atoms with Gasteiger partial charge in [-0.3, -0.25) is 4.79 Å². The van der Waals surface area contributed by atoms with Crippen LogP contribution in [0.15, 0.2) is 18.3 Å². The summed E-state index contributed by atoms with van der Waals surface area (Å²) in [6.45, 7) is 5.47. The Morgan fingerprint density at radius 3 is 2.69 bits per heavy atom. The Morgan fingerprint density at radius 2 is 2.25 bits per heavy atom. The van der Waals surface area contributed by atoms with Crippen LogP contribution in [0.25, 0.3) is 0 Å². The third-order valence-corrected chi connectivity index (χ3v) is 2.75. The van der Waals surface area contributed by atoms with Gasteiger partial charge in [0.1, 0.15) is 5.82 Å². The quantitative estimate of drug-likeness (QED) is 0.712. The topological polar surface area (TPSA) is 33.2 Å². The van der Waals surface area contributed by atoms with Gasteiger partial charge in [-0.25, -0.2) is 4.98 Å². The van der Waals surface area contributed by atoms with Crippen LogP contribution in [-0.2, 0) is 0 Å². The second-order valence-corrected chi connectivity index (χ2v) is 4.84. The summed E-state index contributed by atoms with van der Waals surface area (Å²) in [4.78, 5) is 17.3. The van der Waals surface area contributed by atoms with Gasteiger partial charge in [0.05, 0.1) is 0 Å². The molecule has 0 amide bonds. The number of pyridine rings is 1. The van der Waals surface area contributed by atoms with E-state index in [1.165, 1.54) is 12.8 Å². The summed E-state index contributed by atoms with van der Waals surface area (Å²) in [5, 5.41) is 0. The molecule has 0 radical (unpaired) electrons. The first kappa shape index (κ1) is 11.1. The maximum atomic E-state index is 10.6. The average Bonchev–Trinajstić information content (AvgIpc) is 3.10. The molecule has 0 N–H and O–H groups in total. The lowest BCUT2D eigenvalue weighted by Crippen LogP contribution is -2.30. The fraction of sp³-hybridized carbons (Fsp3) is 0.538. The number of carbonyl (C=O) groups is 1. The molecular formula is C13H18N2O. The van der Waals surface area contributed by atoms with Crippen LogP contribution in [0.1, 0.15) is 37.0 Å². The first-order chi connectivity index (χ1) is 7.70. The van der Waals surface area contributed by atoms with Crippen LogP contribution in [0, 0.1) is 5.92 Å². The summed E-state index contributed by atoms with van der Waals surface area (Å²) in [6, 6.07) is 4.45. The molecule has 1 aromatic heterocycles. The average molecular weight is 218 g/mol. The Morgan fingerprint density at radius 1 is 1.50 bits per heavy atom. The maximum Gasteiger partial charge on any atom is 0.151 e. The number of carbonyl (C=O) groups excluding carboxylic acids is 1. The van der Waals surface area contributed by atoms with Crippen molar-refractivity contribution in [3.8, 4) is 0 Å². The SMILES string of the molecule is CC(C)CN(c1ccc(C=O)cn1)C1CC1. The summed E-state index contributed by atoms with van der Waals surface area (Å²) in [5.74, 6) is 1.63. The predicted octanol–water partition coefficient (Wildman–Crippen LogP) is 2.52. The number of hydrogen-bond donors (Lipinski definition) is 0. The van der Waals surface area contributed by atoms with Crippen LogP contribution < -0.4 is 4.90 Å². The third kappa shape index (κ3) is 2.60. The Kier molecular flexibility index (Phi) is 3.22. The molecular weight excluding hydrogens is 200 g/mol. The highest BCUT2D eigenvalue weighted by atomic mass is 16.1. The van der Waals surface area contributed by atoms with E-state index in [0.29, 0.717) is 17.5 Å². The van der Waals surface area contributed by atoms with E-state index in [0.717, 1.165) is 18.6 Å². The highest BCUT2D eigenvalue weighted by molar-refractivity contribution is 5.74. The predicted molar refractivity (Wildman–Crippen MR) is 64.8 cm³/mol. The van der Waals surface area contributed by atoms with Crippen molar-refractivity contribution in [2.45, 2.75) is 32.7 Å². The van der Waals surface area contributed by atoms with Gasteiger partial charge in [0.25, 0.3) is 0 Å². The number of aromatic nitrogens is 1. The van der Waals surface area contributed by atoms with Gasteiger partial charge in [-0.05, 0) is 30.9 Å². The second kappa shape index (κ2) is 4.64. The van der Waals surface area contributed by atoms with Crippen molar-refractivity contribution < 1.29 is 4.79 Å². The van der Waals surface area contributed by atoms with Crippen LogP contribution >= 0.6 is 0 Å². The first-order valence-electron chi connectivity index (χ1n) is 5.88. The molecule has 0 spiro atoms.